The van der Waals surface area contributed by atoms with Crippen LogP contribution >= 0.6 is 0 Å². The van der Waals surface area contributed by atoms with E-state index in [1.807, 2.05) is 0 Å². The fourth-order valence-corrected chi connectivity index (χ4v) is 1.43. The van der Waals surface area contributed by atoms with Crippen LogP contribution in [0.15, 0.2) is 30.4 Å². The van der Waals surface area contributed by atoms with Gasteiger partial charge in [-0.1, -0.05) is 12.2 Å². The van der Waals surface area contributed by atoms with Crippen molar-refractivity contribution in [3.63, 3.8) is 0 Å². The van der Waals surface area contributed by atoms with E-state index in [0.29, 0.717) is 6.61 Å². The highest BCUT2D eigenvalue weighted by Crippen LogP contribution is 2.19. The molecule has 0 bridgehead atoms. The second-order valence-corrected chi connectivity index (χ2v) is 4.18. The summed E-state index contributed by atoms with van der Waals surface area (Å²) >= 11 is 0. The third kappa shape index (κ3) is 4.77. The minimum absolute atomic E-state index is 0.166. The largest absolute Gasteiger partial charge is 0.375 e. The lowest BCUT2D eigenvalue weighted by molar-refractivity contribution is -0.385. The standard InChI is InChI=1S/C13H15FN2O4/c1-9(2)8-20-6-5-15-13(17)11-7-10(14)3-4-12(11)16(18)19/h3-4,7H,1,5-6,8H2,2H3,(H,15,17). The SMILES string of the molecule is C=C(C)COCCNC(=O)c1cc(F)ccc1[N+](=O)[O-]. The zero-order chi connectivity index (χ0) is 15.1. The van der Waals surface area contributed by atoms with Crippen molar-refractivity contribution in [2.24, 2.45) is 0 Å². The molecule has 0 saturated heterocycles. The molecule has 7 heteroatoms. The Labute approximate surface area is 115 Å². The average Bonchev–Trinajstić information content (AvgIpc) is 2.37. The number of hydrogen-bond acceptors (Lipinski definition) is 4. The van der Waals surface area contributed by atoms with E-state index in [9.17, 15) is 19.3 Å². The van der Waals surface area contributed by atoms with Crippen LogP contribution in [0, 0.1) is 15.9 Å². The summed E-state index contributed by atoms with van der Waals surface area (Å²) in [6.45, 7) is 6.22. The summed E-state index contributed by atoms with van der Waals surface area (Å²) < 4.78 is 18.2. The van der Waals surface area contributed by atoms with Crippen molar-refractivity contribution < 1.29 is 18.8 Å². The number of nitrogens with zero attached hydrogens (tertiary/aromatic N) is 1. The maximum absolute atomic E-state index is 13.1. The van der Waals surface area contributed by atoms with Gasteiger partial charge < -0.3 is 10.1 Å². The lowest BCUT2D eigenvalue weighted by Gasteiger charge is -2.07. The number of nitrogens with one attached hydrogen (secondary N) is 1. The van der Waals surface area contributed by atoms with Crippen LogP contribution in [-0.4, -0.2) is 30.6 Å². The van der Waals surface area contributed by atoms with E-state index in [4.69, 9.17) is 4.74 Å². The second kappa shape index (κ2) is 7.34. The van der Waals surface area contributed by atoms with Crippen LogP contribution in [0.5, 0.6) is 0 Å². The Bertz CT molecular complexity index is 531. The number of ether oxygens (including phenoxy) is 1. The van der Waals surface area contributed by atoms with Gasteiger partial charge in [0.1, 0.15) is 11.4 Å². The predicted octanol–water partition coefficient (Wildman–Crippen LogP) is 2.06. The van der Waals surface area contributed by atoms with Crippen LogP contribution in [0.2, 0.25) is 0 Å². The van der Waals surface area contributed by atoms with Crippen LogP contribution in [0.1, 0.15) is 17.3 Å². The average molecular weight is 282 g/mol. The molecular weight excluding hydrogens is 267 g/mol. The summed E-state index contributed by atoms with van der Waals surface area (Å²) in [6, 6.07) is 2.73. The molecule has 20 heavy (non-hydrogen) atoms. The van der Waals surface area contributed by atoms with Crippen molar-refractivity contribution in [2.45, 2.75) is 6.92 Å². The van der Waals surface area contributed by atoms with Gasteiger partial charge >= 0.3 is 0 Å². The van der Waals surface area contributed by atoms with Crippen LogP contribution in [0.3, 0.4) is 0 Å². The summed E-state index contributed by atoms with van der Waals surface area (Å²) in [5, 5.41) is 13.2. The highest BCUT2D eigenvalue weighted by atomic mass is 19.1. The van der Waals surface area contributed by atoms with Crippen molar-refractivity contribution >= 4 is 11.6 Å². The topological polar surface area (TPSA) is 81.5 Å². The predicted molar refractivity (Wildman–Crippen MR) is 71.0 cm³/mol. The first-order valence-corrected chi connectivity index (χ1v) is 5.86. The zero-order valence-corrected chi connectivity index (χ0v) is 11.0. The van der Waals surface area contributed by atoms with E-state index >= 15 is 0 Å². The third-order valence-electron chi connectivity index (χ3n) is 2.28. The Morgan fingerprint density at radius 2 is 2.25 bits per heavy atom. The Morgan fingerprint density at radius 3 is 2.85 bits per heavy atom. The van der Waals surface area contributed by atoms with Gasteiger partial charge in [0.15, 0.2) is 0 Å². The first-order valence-electron chi connectivity index (χ1n) is 5.86. The highest BCUT2D eigenvalue weighted by molar-refractivity contribution is 5.98. The fourth-order valence-electron chi connectivity index (χ4n) is 1.43. The number of benzene rings is 1. The number of carbonyl (C=O) groups excluding carboxylic acids is 1. The molecule has 0 saturated carbocycles. The van der Waals surface area contributed by atoms with Crippen molar-refractivity contribution in [2.75, 3.05) is 19.8 Å². The number of hydrogen-bond donors (Lipinski definition) is 1. The lowest BCUT2D eigenvalue weighted by atomic mass is 10.1. The maximum atomic E-state index is 13.1. The van der Waals surface area contributed by atoms with Crippen LogP contribution in [0.25, 0.3) is 0 Å². The number of carbonyl (C=O) groups is 1. The maximum Gasteiger partial charge on any atom is 0.282 e. The minimum Gasteiger partial charge on any atom is -0.375 e. The molecule has 6 nitrogen and oxygen atoms in total. The molecule has 0 aliphatic rings. The first-order chi connectivity index (χ1) is 9.41. The van der Waals surface area contributed by atoms with Gasteiger partial charge in [0.25, 0.3) is 11.6 Å². The normalized spacial score (nSPS) is 10.1. The molecule has 1 rings (SSSR count). The summed E-state index contributed by atoms with van der Waals surface area (Å²) in [5.74, 6) is -1.42. The second-order valence-electron chi connectivity index (χ2n) is 4.18. The number of nitro benzene ring substituents is 1. The van der Waals surface area contributed by atoms with Crippen molar-refractivity contribution in [3.05, 3.63) is 51.8 Å². The molecule has 1 aromatic rings. The van der Waals surface area contributed by atoms with Crippen molar-refractivity contribution in [1.29, 1.82) is 0 Å². The van der Waals surface area contributed by atoms with Gasteiger partial charge in [0.2, 0.25) is 0 Å². The van der Waals surface area contributed by atoms with E-state index in [0.717, 1.165) is 23.8 Å². The van der Waals surface area contributed by atoms with E-state index in [2.05, 4.69) is 11.9 Å². The van der Waals surface area contributed by atoms with E-state index < -0.39 is 22.3 Å². The van der Waals surface area contributed by atoms with Gasteiger partial charge in [-0.15, -0.1) is 0 Å². The Morgan fingerprint density at radius 1 is 1.55 bits per heavy atom. The van der Waals surface area contributed by atoms with Gasteiger partial charge in [-0.25, -0.2) is 4.39 Å². The highest BCUT2D eigenvalue weighted by Gasteiger charge is 2.20. The van der Waals surface area contributed by atoms with Gasteiger partial charge in [-0.3, -0.25) is 14.9 Å². The fraction of sp³-hybridized carbons (Fsp3) is 0.308. The molecule has 0 aliphatic carbocycles. The molecule has 0 unspecified atom stereocenters. The van der Waals surface area contributed by atoms with E-state index in [1.54, 1.807) is 6.92 Å². The smallest absolute Gasteiger partial charge is 0.282 e. The quantitative estimate of drug-likeness (QED) is 0.359. The molecule has 0 heterocycles. The van der Waals surface area contributed by atoms with Gasteiger partial charge in [0.05, 0.1) is 18.1 Å². The number of nitro groups is 1. The number of halogens is 1. The van der Waals surface area contributed by atoms with Gasteiger partial charge in [-0.05, 0) is 19.1 Å². The van der Waals surface area contributed by atoms with Crippen LogP contribution < -0.4 is 5.32 Å². The molecule has 0 fully saturated rings. The molecule has 1 N–H and O–H groups in total. The first kappa shape index (κ1) is 15.8. The van der Waals surface area contributed by atoms with Crippen LogP contribution in [-0.2, 0) is 4.74 Å². The number of rotatable bonds is 7. The summed E-state index contributed by atoms with van der Waals surface area (Å²) in [5.41, 5.74) is 0.0961. The molecule has 108 valence electrons. The van der Waals surface area contributed by atoms with Crippen molar-refractivity contribution in [1.82, 2.24) is 5.32 Å². The lowest BCUT2D eigenvalue weighted by Crippen LogP contribution is -2.28. The Hall–Kier alpha value is -2.28. The molecule has 1 amide bonds. The Balaban J connectivity index is 2.61. The molecule has 0 atom stereocenters. The molecule has 1 aromatic carbocycles. The van der Waals surface area contributed by atoms with E-state index in [-0.39, 0.29) is 18.7 Å². The summed E-state index contributed by atoms with van der Waals surface area (Å²) in [6.07, 6.45) is 0. The molecule has 0 spiro atoms. The van der Waals surface area contributed by atoms with Crippen LogP contribution in [0.4, 0.5) is 10.1 Å². The van der Waals surface area contributed by atoms with E-state index in [1.165, 1.54) is 0 Å². The number of amides is 1. The monoisotopic (exact) mass is 282 g/mol. The third-order valence-corrected chi connectivity index (χ3v) is 2.28. The Kier molecular flexibility index (Phi) is 5.79. The summed E-state index contributed by atoms with van der Waals surface area (Å²) in [7, 11) is 0. The molecular formula is C13H15FN2O4. The van der Waals surface area contributed by atoms with Crippen molar-refractivity contribution in [3.8, 4) is 0 Å². The summed E-state index contributed by atoms with van der Waals surface area (Å²) in [4.78, 5) is 21.8. The molecule has 0 aromatic heterocycles. The zero-order valence-electron chi connectivity index (χ0n) is 11.0. The van der Waals surface area contributed by atoms with Gasteiger partial charge in [-0.2, -0.15) is 0 Å². The molecule has 0 aliphatic heterocycles. The minimum atomic E-state index is -0.730. The molecule has 0 radical (unpaired) electrons. The van der Waals surface area contributed by atoms with Gasteiger partial charge in [0, 0.05) is 12.6 Å².